The van der Waals surface area contributed by atoms with Crippen LogP contribution in [0, 0.1) is 0 Å². The van der Waals surface area contributed by atoms with Gasteiger partial charge in [-0.3, -0.25) is 14.6 Å². The predicted octanol–water partition coefficient (Wildman–Crippen LogP) is -0.758. The summed E-state index contributed by atoms with van der Waals surface area (Å²) in [6, 6.07) is 2.86. The number of hydrogen-bond donors (Lipinski definition) is 2. The van der Waals surface area contributed by atoms with Gasteiger partial charge >= 0.3 is 0 Å². The van der Waals surface area contributed by atoms with E-state index in [-0.39, 0.29) is 11.8 Å². The van der Waals surface area contributed by atoms with Gasteiger partial charge in [-0.2, -0.15) is 0 Å². The fourth-order valence-electron chi connectivity index (χ4n) is 2.01. The first-order valence-electron chi connectivity index (χ1n) is 5.87. The third kappa shape index (κ3) is 2.48. The van der Waals surface area contributed by atoms with Gasteiger partial charge in [-0.25, -0.2) is 0 Å². The van der Waals surface area contributed by atoms with Crippen LogP contribution < -0.4 is 10.6 Å². The van der Waals surface area contributed by atoms with Gasteiger partial charge in [-0.05, 0) is 12.1 Å². The van der Waals surface area contributed by atoms with Gasteiger partial charge < -0.3 is 15.5 Å². The molecule has 0 saturated carbocycles. The smallest absolute Gasteiger partial charge is 0.254 e. The van der Waals surface area contributed by atoms with E-state index >= 15 is 0 Å². The molecule has 96 valence electrons. The molecule has 2 amide bonds. The SMILES string of the molecule is CNC(=O)C1CNCCN1C(=O)c1ccncc1. The molecular formula is C12H16N4O2. The van der Waals surface area contributed by atoms with Crippen LogP contribution in [-0.4, -0.2) is 54.4 Å². The Kier molecular flexibility index (Phi) is 3.88. The van der Waals surface area contributed by atoms with Gasteiger partial charge in [0.1, 0.15) is 6.04 Å². The van der Waals surface area contributed by atoms with E-state index in [1.54, 1.807) is 36.5 Å². The van der Waals surface area contributed by atoms with E-state index in [1.165, 1.54) is 0 Å². The molecule has 1 unspecified atom stereocenters. The maximum absolute atomic E-state index is 12.3. The molecule has 1 aliphatic rings. The van der Waals surface area contributed by atoms with Gasteiger partial charge in [-0.15, -0.1) is 0 Å². The van der Waals surface area contributed by atoms with Crippen LogP contribution in [0.15, 0.2) is 24.5 Å². The maximum Gasteiger partial charge on any atom is 0.254 e. The van der Waals surface area contributed by atoms with Gasteiger partial charge in [0.15, 0.2) is 0 Å². The first kappa shape index (κ1) is 12.5. The van der Waals surface area contributed by atoms with E-state index in [4.69, 9.17) is 0 Å². The highest BCUT2D eigenvalue weighted by Gasteiger charge is 2.31. The van der Waals surface area contributed by atoms with Gasteiger partial charge in [-0.1, -0.05) is 0 Å². The third-order valence-corrected chi connectivity index (χ3v) is 2.98. The van der Waals surface area contributed by atoms with Gasteiger partial charge in [0.05, 0.1) is 0 Å². The molecule has 0 bridgehead atoms. The van der Waals surface area contributed by atoms with Crippen LogP contribution in [0.2, 0.25) is 0 Å². The molecule has 1 saturated heterocycles. The zero-order valence-electron chi connectivity index (χ0n) is 10.2. The Morgan fingerprint density at radius 3 is 2.83 bits per heavy atom. The number of carbonyl (C=O) groups excluding carboxylic acids is 2. The Hall–Kier alpha value is -1.95. The molecule has 1 aromatic heterocycles. The van der Waals surface area contributed by atoms with Gasteiger partial charge in [0.25, 0.3) is 5.91 Å². The molecule has 18 heavy (non-hydrogen) atoms. The number of likely N-dealkylation sites (N-methyl/N-ethyl adjacent to an activating group) is 1. The van der Waals surface area contributed by atoms with Crippen LogP contribution in [0.25, 0.3) is 0 Å². The summed E-state index contributed by atoms with van der Waals surface area (Å²) in [5.74, 6) is -0.280. The maximum atomic E-state index is 12.3. The van der Waals surface area contributed by atoms with Crippen LogP contribution in [0.1, 0.15) is 10.4 Å². The van der Waals surface area contributed by atoms with Crippen molar-refractivity contribution < 1.29 is 9.59 Å². The number of piperazine rings is 1. The summed E-state index contributed by atoms with van der Waals surface area (Å²) in [5.41, 5.74) is 0.556. The van der Waals surface area contributed by atoms with E-state index in [2.05, 4.69) is 15.6 Å². The van der Waals surface area contributed by atoms with Crippen molar-refractivity contribution in [2.75, 3.05) is 26.7 Å². The highest BCUT2D eigenvalue weighted by molar-refractivity contribution is 5.97. The molecule has 2 heterocycles. The summed E-state index contributed by atoms with van der Waals surface area (Å²) < 4.78 is 0. The number of hydrogen-bond acceptors (Lipinski definition) is 4. The lowest BCUT2D eigenvalue weighted by Crippen LogP contribution is -2.59. The summed E-state index contributed by atoms with van der Waals surface area (Å²) in [5, 5.41) is 5.71. The summed E-state index contributed by atoms with van der Waals surface area (Å²) in [6.07, 6.45) is 3.15. The average Bonchev–Trinajstić information content (AvgIpc) is 2.46. The highest BCUT2D eigenvalue weighted by Crippen LogP contribution is 2.10. The molecule has 1 fully saturated rings. The van der Waals surface area contributed by atoms with Crippen molar-refractivity contribution in [2.24, 2.45) is 0 Å². The number of nitrogens with one attached hydrogen (secondary N) is 2. The summed E-state index contributed by atoms with van der Waals surface area (Å²) in [6.45, 7) is 1.71. The van der Waals surface area contributed by atoms with Crippen molar-refractivity contribution in [2.45, 2.75) is 6.04 Å². The number of pyridine rings is 1. The van der Waals surface area contributed by atoms with Crippen molar-refractivity contribution in [3.8, 4) is 0 Å². The largest absolute Gasteiger partial charge is 0.357 e. The molecule has 1 aromatic rings. The molecule has 6 nitrogen and oxygen atoms in total. The van der Waals surface area contributed by atoms with Crippen LogP contribution in [0.5, 0.6) is 0 Å². The Balaban J connectivity index is 2.19. The molecule has 0 radical (unpaired) electrons. The van der Waals surface area contributed by atoms with Crippen LogP contribution in [-0.2, 0) is 4.79 Å². The molecule has 1 aliphatic heterocycles. The fraction of sp³-hybridized carbons (Fsp3) is 0.417. The van der Waals surface area contributed by atoms with E-state index in [0.29, 0.717) is 25.2 Å². The Labute approximate surface area is 105 Å². The van der Waals surface area contributed by atoms with Crippen LogP contribution >= 0.6 is 0 Å². The van der Waals surface area contributed by atoms with Gasteiger partial charge in [0.2, 0.25) is 5.91 Å². The van der Waals surface area contributed by atoms with Crippen LogP contribution in [0.4, 0.5) is 0 Å². The second-order valence-electron chi connectivity index (χ2n) is 4.07. The lowest BCUT2D eigenvalue weighted by molar-refractivity contribution is -0.125. The molecular weight excluding hydrogens is 232 g/mol. The highest BCUT2D eigenvalue weighted by atomic mass is 16.2. The van der Waals surface area contributed by atoms with Crippen molar-refractivity contribution in [1.29, 1.82) is 0 Å². The predicted molar refractivity (Wildman–Crippen MR) is 66.0 cm³/mol. The quantitative estimate of drug-likeness (QED) is 0.721. The first-order chi connectivity index (χ1) is 8.74. The molecule has 2 N–H and O–H groups in total. The topological polar surface area (TPSA) is 74.3 Å². The Morgan fingerprint density at radius 2 is 2.17 bits per heavy atom. The summed E-state index contributed by atoms with van der Waals surface area (Å²) >= 11 is 0. The van der Waals surface area contributed by atoms with Crippen molar-refractivity contribution in [1.82, 2.24) is 20.5 Å². The zero-order chi connectivity index (χ0) is 13.0. The van der Waals surface area contributed by atoms with Crippen LogP contribution in [0.3, 0.4) is 0 Å². The van der Waals surface area contributed by atoms with E-state index in [9.17, 15) is 9.59 Å². The normalized spacial score (nSPS) is 19.4. The number of carbonyl (C=O) groups is 2. The fourth-order valence-corrected chi connectivity index (χ4v) is 2.01. The Morgan fingerprint density at radius 1 is 1.44 bits per heavy atom. The molecule has 6 heteroatoms. The number of rotatable bonds is 2. The molecule has 0 aromatic carbocycles. The second kappa shape index (κ2) is 5.59. The minimum Gasteiger partial charge on any atom is -0.357 e. The molecule has 1 atom stereocenters. The zero-order valence-corrected chi connectivity index (χ0v) is 10.2. The molecule has 0 aliphatic carbocycles. The lowest BCUT2D eigenvalue weighted by Gasteiger charge is -2.34. The minimum absolute atomic E-state index is 0.132. The van der Waals surface area contributed by atoms with Crippen molar-refractivity contribution in [3.63, 3.8) is 0 Å². The third-order valence-electron chi connectivity index (χ3n) is 2.98. The number of amides is 2. The molecule has 2 rings (SSSR count). The van der Waals surface area contributed by atoms with E-state index in [0.717, 1.165) is 0 Å². The van der Waals surface area contributed by atoms with Crippen molar-refractivity contribution >= 4 is 11.8 Å². The standard InChI is InChI=1S/C12H16N4O2/c1-13-11(17)10-8-15-6-7-16(10)12(18)9-2-4-14-5-3-9/h2-5,10,15H,6-8H2,1H3,(H,13,17). The van der Waals surface area contributed by atoms with E-state index in [1.807, 2.05) is 0 Å². The summed E-state index contributed by atoms with van der Waals surface area (Å²) in [4.78, 5) is 29.6. The van der Waals surface area contributed by atoms with Gasteiger partial charge in [0, 0.05) is 44.6 Å². The molecule has 0 spiro atoms. The lowest BCUT2D eigenvalue weighted by atomic mass is 10.1. The number of nitrogens with zero attached hydrogens (tertiary/aromatic N) is 2. The van der Waals surface area contributed by atoms with Crippen molar-refractivity contribution in [3.05, 3.63) is 30.1 Å². The average molecular weight is 248 g/mol. The van der Waals surface area contributed by atoms with E-state index < -0.39 is 6.04 Å². The minimum atomic E-state index is -0.454. The first-order valence-corrected chi connectivity index (χ1v) is 5.87. The second-order valence-corrected chi connectivity index (χ2v) is 4.07. The monoisotopic (exact) mass is 248 g/mol. The Bertz CT molecular complexity index is 435. The number of aromatic nitrogens is 1. The summed E-state index contributed by atoms with van der Waals surface area (Å²) in [7, 11) is 1.58.